The van der Waals surface area contributed by atoms with Crippen LogP contribution in [0.25, 0.3) is 0 Å². The van der Waals surface area contributed by atoms with Gasteiger partial charge in [0.1, 0.15) is 6.10 Å². The summed E-state index contributed by atoms with van der Waals surface area (Å²) in [6.45, 7) is 8.61. The van der Waals surface area contributed by atoms with Crippen molar-refractivity contribution < 1.29 is 19.1 Å². The molecule has 0 aromatic carbocycles. The van der Waals surface area contributed by atoms with E-state index in [9.17, 15) is 9.59 Å². The first kappa shape index (κ1) is 14.4. The highest BCUT2D eigenvalue weighted by atomic mass is 16.6. The minimum Gasteiger partial charge on any atom is -0.469 e. The van der Waals surface area contributed by atoms with Crippen LogP contribution in [-0.2, 0) is 19.1 Å². The number of carbonyl (C=O) groups excluding carboxylic acids is 2. The molecule has 108 valence electrons. The zero-order valence-electron chi connectivity index (χ0n) is 12.4. The highest BCUT2D eigenvalue weighted by Gasteiger charge is 2.60. The molecule has 2 bridgehead atoms. The van der Waals surface area contributed by atoms with E-state index in [-0.39, 0.29) is 35.3 Å². The lowest BCUT2D eigenvalue weighted by atomic mass is 9.55. The van der Waals surface area contributed by atoms with Crippen LogP contribution in [0.2, 0.25) is 0 Å². The molecular weight excluding hydrogens is 244 g/mol. The first-order valence-electron chi connectivity index (χ1n) is 7.12. The van der Waals surface area contributed by atoms with Gasteiger partial charge in [0, 0.05) is 5.41 Å². The van der Waals surface area contributed by atoms with E-state index >= 15 is 0 Å². The van der Waals surface area contributed by atoms with E-state index in [0.717, 1.165) is 0 Å². The van der Waals surface area contributed by atoms with Crippen molar-refractivity contribution >= 4 is 11.9 Å². The summed E-state index contributed by atoms with van der Waals surface area (Å²) in [5.74, 6) is -0.423. The molecule has 2 rings (SSSR count). The van der Waals surface area contributed by atoms with Crippen molar-refractivity contribution in [3.8, 4) is 0 Å². The Balaban J connectivity index is 2.41. The van der Waals surface area contributed by atoms with Crippen LogP contribution in [0, 0.1) is 29.1 Å². The largest absolute Gasteiger partial charge is 0.469 e. The van der Waals surface area contributed by atoms with Crippen LogP contribution < -0.4 is 0 Å². The van der Waals surface area contributed by atoms with E-state index < -0.39 is 0 Å². The molecule has 2 fully saturated rings. The van der Waals surface area contributed by atoms with Crippen molar-refractivity contribution in [2.24, 2.45) is 29.1 Å². The topological polar surface area (TPSA) is 52.6 Å². The minimum absolute atomic E-state index is 0.0501. The Morgan fingerprint density at radius 1 is 1.32 bits per heavy atom. The van der Waals surface area contributed by atoms with Crippen LogP contribution in [-0.4, -0.2) is 25.2 Å². The van der Waals surface area contributed by atoms with Gasteiger partial charge in [-0.3, -0.25) is 9.59 Å². The van der Waals surface area contributed by atoms with Crippen LogP contribution in [0.3, 0.4) is 0 Å². The molecule has 2 aliphatic rings. The third-order valence-electron chi connectivity index (χ3n) is 5.34. The Labute approximate surface area is 114 Å². The summed E-state index contributed by atoms with van der Waals surface area (Å²) in [6, 6.07) is 0. The molecule has 0 radical (unpaired) electrons. The molecule has 1 saturated heterocycles. The molecule has 4 nitrogen and oxygen atoms in total. The number of hydrogen-bond acceptors (Lipinski definition) is 4. The summed E-state index contributed by atoms with van der Waals surface area (Å²) in [6.07, 6.45) is 1.30. The van der Waals surface area contributed by atoms with Gasteiger partial charge in [0.2, 0.25) is 0 Å². The highest BCUT2D eigenvalue weighted by molar-refractivity contribution is 5.84. The van der Waals surface area contributed by atoms with Gasteiger partial charge in [-0.2, -0.15) is 0 Å². The summed E-state index contributed by atoms with van der Waals surface area (Å²) in [5, 5.41) is 0. The number of hydrogen-bond donors (Lipinski definition) is 0. The van der Waals surface area contributed by atoms with E-state index in [2.05, 4.69) is 27.7 Å². The Morgan fingerprint density at radius 3 is 2.37 bits per heavy atom. The maximum atomic E-state index is 12.0. The monoisotopic (exact) mass is 268 g/mol. The molecule has 19 heavy (non-hydrogen) atoms. The van der Waals surface area contributed by atoms with Crippen LogP contribution in [0.15, 0.2) is 0 Å². The van der Waals surface area contributed by atoms with Crippen molar-refractivity contribution in [1.29, 1.82) is 0 Å². The molecule has 4 heteroatoms. The summed E-state index contributed by atoms with van der Waals surface area (Å²) < 4.78 is 10.5. The van der Waals surface area contributed by atoms with Crippen molar-refractivity contribution in [3.05, 3.63) is 0 Å². The second-order valence-corrected chi connectivity index (χ2v) is 6.52. The van der Waals surface area contributed by atoms with Gasteiger partial charge >= 0.3 is 11.9 Å². The molecule has 0 aromatic rings. The lowest BCUT2D eigenvalue weighted by Crippen LogP contribution is -2.50. The summed E-state index contributed by atoms with van der Waals surface area (Å²) >= 11 is 0. The number of esters is 2. The lowest BCUT2D eigenvalue weighted by Gasteiger charge is -2.48. The van der Waals surface area contributed by atoms with Gasteiger partial charge < -0.3 is 9.47 Å². The fourth-order valence-electron chi connectivity index (χ4n) is 4.20. The minimum atomic E-state index is -0.346. The van der Waals surface area contributed by atoms with Gasteiger partial charge in [-0.05, 0) is 24.7 Å². The average molecular weight is 268 g/mol. The third-order valence-corrected chi connectivity index (χ3v) is 5.34. The lowest BCUT2D eigenvalue weighted by molar-refractivity contribution is -0.153. The van der Waals surface area contributed by atoms with Gasteiger partial charge in [-0.25, -0.2) is 0 Å². The van der Waals surface area contributed by atoms with Crippen molar-refractivity contribution in [1.82, 2.24) is 0 Å². The Kier molecular flexibility index (Phi) is 3.63. The van der Waals surface area contributed by atoms with E-state index in [0.29, 0.717) is 24.7 Å². The molecule has 1 saturated carbocycles. The smallest absolute Gasteiger partial charge is 0.310 e. The second-order valence-electron chi connectivity index (χ2n) is 6.52. The Bertz CT molecular complexity index is 378. The number of ether oxygens (including phenoxy) is 2. The highest BCUT2D eigenvalue weighted by Crippen LogP contribution is 2.56. The molecule has 0 aromatic heterocycles. The second kappa shape index (κ2) is 4.80. The maximum absolute atomic E-state index is 12.0. The van der Waals surface area contributed by atoms with E-state index in [1.54, 1.807) is 0 Å². The van der Waals surface area contributed by atoms with Crippen LogP contribution in [0.1, 0.15) is 40.5 Å². The first-order chi connectivity index (χ1) is 8.84. The first-order valence-corrected chi connectivity index (χ1v) is 7.12. The average Bonchev–Trinajstić information content (AvgIpc) is 2.67. The number of carbonyl (C=O) groups is 2. The number of methoxy groups -OCH3 is 1. The normalized spacial score (nSPS) is 32.6. The standard InChI is InChI=1S/C15H24O4/c1-8(2)15(9(3)4)7-11(13(16)18-5)10-6-12(15)19-14(10)17/h8-12H,6-7H2,1-5H3. The summed E-state index contributed by atoms with van der Waals surface area (Å²) in [7, 11) is 1.39. The van der Waals surface area contributed by atoms with E-state index in [1.165, 1.54) is 7.11 Å². The van der Waals surface area contributed by atoms with Crippen molar-refractivity contribution in [2.45, 2.75) is 46.6 Å². The van der Waals surface area contributed by atoms with Gasteiger partial charge in [-0.15, -0.1) is 0 Å². The zero-order chi connectivity index (χ0) is 14.4. The fraction of sp³-hybridized carbons (Fsp3) is 0.867. The fourth-order valence-corrected chi connectivity index (χ4v) is 4.20. The predicted octanol–water partition coefficient (Wildman–Crippen LogP) is 2.41. The van der Waals surface area contributed by atoms with Gasteiger partial charge in [-0.1, -0.05) is 27.7 Å². The van der Waals surface area contributed by atoms with E-state index in [4.69, 9.17) is 9.47 Å². The van der Waals surface area contributed by atoms with Crippen LogP contribution >= 0.6 is 0 Å². The molecule has 0 amide bonds. The van der Waals surface area contributed by atoms with Crippen molar-refractivity contribution in [3.63, 3.8) is 0 Å². The molecule has 0 N–H and O–H groups in total. The van der Waals surface area contributed by atoms with E-state index in [1.807, 2.05) is 0 Å². The number of rotatable bonds is 3. The molecule has 1 aliphatic heterocycles. The van der Waals surface area contributed by atoms with Gasteiger partial charge in [0.15, 0.2) is 0 Å². The molecule has 3 atom stereocenters. The SMILES string of the molecule is COC(=O)C1CC(C(C)C)(C(C)C)C2CC1C(=O)O2. The predicted molar refractivity (Wildman–Crippen MR) is 70.2 cm³/mol. The van der Waals surface area contributed by atoms with Crippen LogP contribution in [0.5, 0.6) is 0 Å². The third kappa shape index (κ3) is 1.96. The maximum Gasteiger partial charge on any atom is 0.310 e. The number of fused-ring (bicyclic) bond motifs is 2. The summed E-state index contributed by atoms with van der Waals surface area (Å²) in [5.41, 5.74) is -0.123. The molecule has 1 aliphatic carbocycles. The van der Waals surface area contributed by atoms with Crippen molar-refractivity contribution in [2.75, 3.05) is 7.11 Å². The quantitative estimate of drug-likeness (QED) is 0.738. The Hall–Kier alpha value is -1.06. The zero-order valence-corrected chi connectivity index (χ0v) is 12.4. The molecule has 3 unspecified atom stereocenters. The van der Waals surface area contributed by atoms with Gasteiger partial charge in [0.25, 0.3) is 0 Å². The molecule has 1 heterocycles. The summed E-state index contributed by atoms with van der Waals surface area (Å²) in [4.78, 5) is 24.0. The molecular formula is C15H24O4. The molecule has 0 spiro atoms. The van der Waals surface area contributed by atoms with Gasteiger partial charge in [0.05, 0.1) is 18.9 Å². The van der Waals surface area contributed by atoms with Crippen LogP contribution in [0.4, 0.5) is 0 Å². The Morgan fingerprint density at radius 2 is 1.89 bits per heavy atom.